The topological polar surface area (TPSA) is 66.0 Å². The fraction of sp³-hybridized carbons (Fsp3) is 0.375. The molecular weight excluding hydrogens is 271 g/mol. The number of aliphatic hydroxyl groups is 1. The van der Waals surface area contributed by atoms with Crippen LogP contribution in [0.5, 0.6) is 0 Å². The molecule has 21 heavy (non-hydrogen) atoms. The second kappa shape index (κ2) is 5.77. The Morgan fingerprint density at radius 3 is 2.43 bits per heavy atom. The Morgan fingerprint density at radius 1 is 1.29 bits per heavy atom. The van der Waals surface area contributed by atoms with Crippen LogP contribution in [0, 0.1) is 12.7 Å². The summed E-state index contributed by atoms with van der Waals surface area (Å²) in [7, 11) is 0. The summed E-state index contributed by atoms with van der Waals surface area (Å²) in [5.74, 6) is 0.226. The lowest BCUT2D eigenvalue weighted by Crippen LogP contribution is -2.29. The molecule has 0 saturated heterocycles. The van der Waals surface area contributed by atoms with Gasteiger partial charge in [0.2, 0.25) is 0 Å². The smallest absolute Gasteiger partial charge is 0.254 e. The lowest BCUT2D eigenvalue weighted by Gasteiger charge is -2.25. The average molecular weight is 290 g/mol. The van der Waals surface area contributed by atoms with E-state index < -0.39 is 5.41 Å². The predicted molar refractivity (Wildman–Crippen MR) is 78.9 cm³/mol. The molecule has 0 radical (unpaired) electrons. The molecule has 0 bridgehead atoms. The van der Waals surface area contributed by atoms with Crippen LogP contribution in [-0.4, -0.2) is 21.7 Å². The molecule has 0 aliphatic heterocycles. The van der Waals surface area contributed by atoms with Gasteiger partial charge in [0.1, 0.15) is 11.6 Å². The number of aromatic amines is 1. The zero-order valence-corrected chi connectivity index (χ0v) is 12.4. The summed E-state index contributed by atoms with van der Waals surface area (Å²) < 4.78 is 13.0. The maximum Gasteiger partial charge on any atom is 0.254 e. The van der Waals surface area contributed by atoms with Gasteiger partial charge in [-0.05, 0) is 38.5 Å². The summed E-state index contributed by atoms with van der Waals surface area (Å²) in [6, 6.07) is 6.16. The molecule has 2 N–H and O–H groups in total. The maximum absolute atomic E-state index is 13.0. The highest BCUT2D eigenvalue weighted by Crippen LogP contribution is 2.28. The molecule has 0 saturated carbocycles. The maximum atomic E-state index is 13.0. The van der Waals surface area contributed by atoms with E-state index >= 15 is 0 Å². The molecule has 0 fully saturated rings. The third-order valence-corrected chi connectivity index (χ3v) is 3.74. The van der Waals surface area contributed by atoms with Gasteiger partial charge in [-0.25, -0.2) is 9.37 Å². The van der Waals surface area contributed by atoms with E-state index in [9.17, 15) is 9.18 Å². The fourth-order valence-electron chi connectivity index (χ4n) is 2.32. The highest BCUT2D eigenvalue weighted by atomic mass is 19.1. The summed E-state index contributed by atoms with van der Waals surface area (Å²) in [6.45, 7) is 5.50. The van der Waals surface area contributed by atoms with Gasteiger partial charge in [-0.2, -0.15) is 0 Å². The molecule has 1 aromatic heterocycles. The van der Waals surface area contributed by atoms with Crippen molar-refractivity contribution in [3.05, 3.63) is 63.1 Å². The summed E-state index contributed by atoms with van der Waals surface area (Å²) in [6.07, 6.45) is 0.283. The van der Waals surface area contributed by atoms with Gasteiger partial charge in [-0.1, -0.05) is 12.1 Å². The van der Waals surface area contributed by atoms with Crippen LogP contribution in [0.15, 0.2) is 29.1 Å². The minimum absolute atomic E-state index is 0.0910. The molecule has 5 heteroatoms. The molecular formula is C16H19FN2O2. The van der Waals surface area contributed by atoms with Gasteiger partial charge in [-0.15, -0.1) is 0 Å². The number of hydrogen-bond acceptors (Lipinski definition) is 3. The van der Waals surface area contributed by atoms with Gasteiger partial charge in [0.25, 0.3) is 5.56 Å². The number of hydrogen-bond donors (Lipinski definition) is 2. The summed E-state index contributed by atoms with van der Waals surface area (Å²) in [4.78, 5) is 19.4. The predicted octanol–water partition coefficient (Wildman–Crippen LogP) is 2.08. The quantitative estimate of drug-likeness (QED) is 0.906. The molecule has 0 aliphatic rings. The summed E-state index contributed by atoms with van der Waals surface area (Å²) in [5.41, 5.74) is 1.19. The number of aryl methyl sites for hydroxylation is 1. The van der Waals surface area contributed by atoms with E-state index in [0.717, 1.165) is 5.56 Å². The van der Waals surface area contributed by atoms with E-state index in [1.807, 2.05) is 13.8 Å². The van der Waals surface area contributed by atoms with Crippen LogP contribution in [0.3, 0.4) is 0 Å². The Hall–Kier alpha value is -2.01. The van der Waals surface area contributed by atoms with Crippen molar-refractivity contribution in [2.24, 2.45) is 0 Å². The number of H-pyrrole nitrogens is 1. The zero-order chi connectivity index (χ0) is 15.6. The Kier molecular flexibility index (Phi) is 4.23. The van der Waals surface area contributed by atoms with Crippen LogP contribution in [0.2, 0.25) is 0 Å². The highest BCUT2D eigenvalue weighted by Gasteiger charge is 2.27. The Labute approximate surface area is 122 Å². The number of aliphatic hydroxyl groups excluding tert-OH is 1. The van der Waals surface area contributed by atoms with Crippen molar-refractivity contribution in [3.8, 4) is 0 Å². The minimum Gasteiger partial charge on any atom is -0.396 e. The van der Waals surface area contributed by atoms with Gasteiger partial charge in [0, 0.05) is 29.7 Å². The van der Waals surface area contributed by atoms with Gasteiger partial charge >= 0.3 is 0 Å². The second-order valence-corrected chi connectivity index (χ2v) is 5.58. The van der Waals surface area contributed by atoms with Crippen LogP contribution in [0.1, 0.15) is 36.5 Å². The van der Waals surface area contributed by atoms with Crippen LogP contribution in [0.4, 0.5) is 4.39 Å². The van der Waals surface area contributed by atoms with E-state index in [1.165, 1.54) is 12.1 Å². The molecule has 0 aliphatic carbocycles. The molecule has 1 heterocycles. The molecule has 2 rings (SSSR count). The lowest BCUT2D eigenvalue weighted by atomic mass is 9.83. The Balaban J connectivity index is 2.50. The van der Waals surface area contributed by atoms with Crippen molar-refractivity contribution < 1.29 is 9.50 Å². The monoisotopic (exact) mass is 290 g/mol. The Bertz CT molecular complexity index is 690. The van der Waals surface area contributed by atoms with E-state index in [2.05, 4.69) is 9.97 Å². The molecule has 0 atom stereocenters. The molecule has 2 aromatic rings. The van der Waals surface area contributed by atoms with E-state index in [1.54, 1.807) is 19.1 Å². The van der Waals surface area contributed by atoms with Crippen LogP contribution in [0.25, 0.3) is 0 Å². The average Bonchev–Trinajstić information content (AvgIpc) is 2.43. The largest absolute Gasteiger partial charge is 0.396 e. The fourth-order valence-corrected chi connectivity index (χ4v) is 2.32. The number of aromatic nitrogens is 2. The van der Waals surface area contributed by atoms with Gasteiger partial charge in [0.05, 0.1) is 0 Å². The van der Waals surface area contributed by atoms with Crippen molar-refractivity contribution in [1.82, 2.24) is 9.97 Å². The first kappa shape index (κ1) is 15.4. The highest BCUT2D eigenvalue weighted by molar-refractivity contribution is 5.32. The van der Waals surface area contributed by atoms with E-state index in [4.69, 9.17) is 5.11 Å². The molecule has 4 nitrogen and oxygen atoms in total. The number of nitrogens with zero attached hydrogens (tertiary/aromatic N) is 1. The van der Waals surface area contributed by atoms with Gasteiger partial charge in [-0.3, -0.25) is 4.79 Å². The molecule has 1 aromatic carbocycles. The van der Waals surface area contributed by atoms with Crippen molar-refractivity contribution in [2.45, 2.75) is 32.6 Å². The summed E-state index contributed by atoms with van der Waals surface area (Å²) >= 11 is 0. The third-order valence-electron chi connectivity index (χ3n) is 3.74. The first-order valence-electron chi connectivity index (χ1n) is 6.83. The van der Waals surface area contributed by atoms with Gasteiger partial charge in [0.15, 0.2) is 0 Å². The standard InChI is InChI=1S/C16H19FN2O2/c1-10-13(8-9-20)14(21)19-15(18-10)16(2,3)11-4-6-12(17)7-5-11/h4-7,20H,8-9H2,1-3H3,(H,18,19,21). The first-order valence-corrected chi connectivity index (χ1v) is 6.83. The summed E-state index contributed by atoms with van der Waals surface area (Å²) in [5, 5.41) is 8.99. The number of nitrogens with one attached hydrogen (secondary N) is 1. The molecule has 112 valence electrons. The van der Waals surface area contributed by atoms with E-state index in [-0.39, 0.29) is 24.4 Å². The molecule has 0 unspecified atom stereocenters. The first-order chi connectivity index (χ1) is 9.86. The van der Waals surface area contributed by atoms with E-state index in [0.29, 0.717) is 17.1 Å². The Morgan fingerprint density at radius 2 is 1.90 bits per heavy atom. The normalized spacial score (nSPS) is 11.7. The minimum atomic E-state index is -0.546. The van der Waals surface area contributed by atoms with Crippen LogP contribution < -0.4 is 5.56 Å². The third kappa shape index (κ3) is 3.03. The van der Waals surface area contributed by atoms with Crippen LogP contribution >= 0.6 is 0 Å². The van der Waals surface area contributed by atoms with Crippen molar-refractivity contribution in [1.29, 1.82) is 0 Å². The second-order valence-electron chi connectivity index (χ2n) is 5.58. The van der Waals surface area contributed by atoms with Crippen molar-refractivity contribution in [2.75, 3.05) is 6.61 Å². The number of rotatable bonds is 4. The molecule has 0 amide bonds. The van der Waals surface area contributed by atoms with Crippen molar-refractivity contribution in [3.63, 3.8) is 0 Å². The zero-order valence-electron chi connectivity index (χ0n) is 12.4. The van der Waals surface area contributed by atoms with Gasteiger partial charge < -0.3 is 10.1 Å². The number of halogens is 1. The van der Waals surface area contributed by atoms with Crippen molar-refractivity contribution >= 4 is 0 Å². The molecule has 0 spiro atoms. The SMILES string of the molecule is Cc1nc(C(C)(C)c2ccc(F)cc2)[nH]c(=O)c1CCO. The number of benzene rings is 1. The lowest BCUT2D eigenvalue weighted by molar-refractivity contribution is 0.298. The van der Waals surface area contributed by atoms with Crippen LogP contribution in [-0.2, 0) is 11.8 Å².